The van der Waals surface area contributed by atoms with E-state index in [1.807, 2.05) is 31.2 Å². The third-order valence-electron chi connectivity index (χ3n) is 3.78. The van der Waals surface area contributed by atoms with Gasteiger partial charge in [-0.3, -0.25) is 4.90 Å². The maximum absolute atomic E-state index is 10.1. The standard InChI is InChI=1S/C17H22N2O3S/c1-13-18-17(12-23-13)14-2-4-16(5-3-14)22-11-15(20)10-19-6-8-21-9-7-19/h2-5,12,15,20H,6-11H2,1H3/t15-/m0/s1. The van der Waals surface area contributed by atoms with Crippen molar-refractivity contribution in [1.82, 2.24) is 9.88 Å². The number of ether oxygens (including phenoxy) is 2. The van der Waals surface area contributed by atoms with Crippen LogP contribution in [0.5, 0.6) is 5.75 Å². The molecule has 2 aromatic rings. The summed E-state index contributed by atoms with van der Waals surface area (Å²) in [5.74, 6) is 0.765. The molecule has 3 rings (SSSR count). The zero-order valence-corrected chi connectivity index (χ0v) is 14.1. The summed E-state index contributed by atoms with van der Waals surface area (Å²) < 4.78 is 11.0. The predicted octanol–water partition coefficient (Wildman–Crippen LogP) is 2.19. The molecular weight excluding hydrogens is 312 g/mol. The highest BCUT2D eigenvalue weighted by molar-refractivity contribution is 7.09. The molecule has 0 aliphatic carbocycles. The smallest absolute Gasteiger partial charge is 0.119 e. The maximum atomic E-state index is 10.1. The lowest BCUT2D eigenvalue weighted by Gasteiger charge is -2.28. The fourth-order valence-corrected chi connectivity index (χ4v) is 3.17. The van der Waals surface area contributed by atoms with Gasteiger partial charge in [0.05, 0.1) is 23.9 Å². The Labute approximate surface area is 140 Å². The van der Waals surface area contributed by atoms with E-state index in [4.69, 9.17) is 9.47 Å². The molecule has 0 bridgehead atoms. The molecule has 0 spiro atoms. The van der Waals surface area contributed by atoms with Gasteiger partial charge in [-0.1, -0.05) is 0 Å². The quantitative estimate of drug-likeness (QED) is 0.878. The molecule has 1 saturated heterocycles. The highest BCUT2D eigenvalue weighted by Crippen LogP contribution is 2.23. The molecule has 0 saturated carbocycles. The van der Waals surface area contributed by atoms with E-state index < -0.39 is 6.10 Å². The van der Waals surface area contributed by atoms with Crippen LogP contribution in [0.4, 0.5) is 0 Å². The van der Waals surface area contributed by atoms with E-state index in [0.29, 0.717) is 13.2 Å². The van der Waals surface area contributed by atoms with Crippen molar-refractivity contribution >= 4 is 11.3 Å². The van der Waals surface area contributed by atoms with E-state index in [9.17, 15) is 5.11 Å². The van der Waals surface area contributed by atoms with Gasteiger partial charge in [0.15, 0.2) is 0 Å². The third-order valence-corrected chi connectivity index (χ3v) is 4.56. The number of rotatable bonds is 6. The molecule has 1 atom stereocenters. The van der Waals surface area contributed by atoms with Crippen molar-refractivity contribution in [3.63, 3.8) is 0 Å². The lowest BCUT2D eigenvalue weighted by atomic mass is 10.2. The van der Waals surface area contributed by atoms with Crippen LogP contribution in [-0.4, -0.2) is 60.5 Å². The zero-order chi connectivity index (χ0) is 16.1. The number of hydrogen-bond donors (Lipinski definition) is 1. The number of nitrogens with zero attached hydrogens (tertiary/aromatic N) is 2. The Balaban J connectivity index is 1.48. The summed E-state index contributed by atoms with van der Waals surface area (Å²) in [5, 5.41) is 13.2. The van der Waals surface area contributed by atoms with Gasteiger partial charge in [-0.25, -0.2) is 4.98 Å². The van der Waals surface area contributed by atoms with E-state index in [0.717, 1.165) is 48.3 Å². The SMILES string of the molecule is Cc1nc(-c2ccc(OC[C@@H](O)CN3CCOCC3)cc2)cs1. The van der Waals surface area contributed by atoms with Crippen LogP contribution in [0.3, 0.4) is 0 Å². The maximum Gasteiger partial charge on any atom is 0.119 e. The molecule has 0 radical (unpaired) electrons. The molecule has 1 aliphatic rings. The Morgan fingerprint density at radius 3 is 2.70 bits per heavy atom. The number of aromatic nitrogens is 1. The number of aryl methyl sites for hydroxylation is 1. The lowest BCUT2D eigenvalue weighted by molar-refractivity contribution is 0.00466. The van der Waals surface area contributed by atoms with Crippen molar-refractivity contribution in [2.45, 2.75) is 13.0 Å². The molecule has 0 unspecified atom stereocenters. The van der Waals surface area contributed by atoms with Crippen LogP contribution in [0, 0.1) is 6.92 Å². The van der Waals surface area contributed by atoms with Gasteiger partial charge < -0.3 is 14.6 Å². The van der Waals surface area contributed by atoms with E-state index in [1.165, 1.54) is 0 Å². The van der Waals surface area contributed by atoms with E-state index >= 15 is 0 Å². The Hall–Kier alpha value is -1.47. The number of hydrogen-bond acceptors (Lipinski definition) is 6. The van der Waals surface area contributed by atoms with Crippen LogP contribution in [-0.2, 0) is 4.74 Å². The number of aliphatic hydroxyl groups excluding tert-OH is 1. The van der Waals surface area contributed by atoms with Gasteiger partial charge in [-0.15, -0.1) is 11.3 Å². The Kier molecular flexibility index (Phi) is 5.61. The molecule has 1 aliphatic heterocycles. The minimum atomic E-state index is -0.492. The number of aliphatic hydroxyl groups is 1. The molecule has 1 aromatic heterocycles. The van der Waals surface area contributed by atoms with Crippen LogP contribution in [0.15, 0.2) is 29.6 Å². The van der Waals surface area contributed by atoms with Crippen molar-refractivity contribution in [2.24, 2.45) is 0 Å². The highest BCUT2D eigenvalue weighted by Gasteiger charge is 2.15. The summed E-state index contributed by atoms with van der Waals surface area (Å²) in [4.78, 5) is 6.67. The van der Waals surface area contributed by atoms with Crippen LogP contribution in [0.25, 0.3) is 11.3 Å². The first kappa shape index (κ1) is 16.4. The molecule has 1 N–H and O–H groups in total. The first-order chi connectivity index (χ1) is 11.2. The van der Waals surface area contributed by atoms with Gasteiger partial charge in [0.2, 0.25) is 0 Å². The van der Waals surface area contributed by atoms with Gasteiger partial charge in [0, 0.05) is 30.6 Å². The van der Waals surface area contributed by atoms with Crippen LogP contribution >= 0.6 is 11.3 Å². The molecule has 23 heavy (non-hydrogen) atoms. The summed E-state index contributed by atoms with van der Waals surface area (Å²) in [6.45, 7) is 6.15. The molecule has 1 fully saturated rings. The summed E-state index contributed by atoms with van der Waals surface area (Å²) >= 11 is 1.65. The van der Waals surface area contributed by atoms with E-state index in [1.54, 1.807) is 11.3 Å². The first-order valence-corrected chi connectivity index (χ1v) is 8.72. The molecule has 2 heterocycles. The number of morpholine rings is 1. The summed E-state index contributed by atoms with van der Waals surface area (Å²) in [6.07, 6.45) is -0.492. The number of thiazole rings is 1. The first-order valence-electron chi connectivity index (χ1n) is 7.84. The molecule has 124 valence electrons. The van der Waals surface area contributed by atoms with Crippen molar-refractivity contribution in [1.29, 1.82) is 0 Å². The zero-order valence-electron chi connectivity index (χ0n) is 13.3. The topological polar surface area (TPSA) is 54.8 Å². The second-order valence-electron chi connectivity index (χ2n) is 5.65. The minimum absolute atomic E-state index is 0.298. The Morgan fingerprint density at radius 1 is 1.30 bits per heavy atom. The minimum Gasteiger partial charge on any atom is -0.491 e. The average molecular weight is 334 g/mol. The lowest BCUT2D eigenvalue weighted by Crippen LogP contribution is -2.42. The Morgan fingerprint density at radius 2 is 2.04 bits per heavy atom. The van der Waals surface area contributed by atoms with Crippen molar-refractivity contribution in [3.8, 4) is 17.0 Å². The average Bonchev–Trinajstić information content (AvgIpc) is 3.01. The number of benzene rings is 1. The second kappa shape index (κ2) is 7.88. The molecule has 0 amide bonds. The van der Waals surface area contributed by atoms with Crippen molar-refractivity contribution in [3.05, 3.63) is 34.7 Å². The van der Waals surface area contributed by atoms with Crippen LogP contribution in [0.2, 0.25) is 0 Å². The van der Waals surface area contributed by atoms with Crippen LogP contribution < -0.4 is 4.74 Å². The van der Waals surface area contributed by atoms with Crippen LogP contribution in [0.1, 0.15) is 5.01 Å². The largest absolute Gasteiger partial charge is 0.491 e. The van der Waals surface area contributed by atoms with Gasteiger partial charge in [-0.2, -0.15) is 0 Å². The molecule has 6 heteroatoms. The van der Waals surface area contributed by atoms with Gasteiger partial charge >= 0.3 is 0 Å². The highest BCUT2D eigenvalue weighted by atomic mass is 32.1. The summed E-state index contributed by atoms with van der Waals surface area (Å²) in [7, 11) is 0. The van der Waals surface area contributed by atoms with Crippen molar-refractivity contribution < 1.29 is 14.6 Å². The third kappa shape index (κ3) is 4.75. The normalized spacial score (nSPS) is 17.1. The fraction of sp³-hybridized carbons (Fsp3) is 0.471. The molecular formula is C17H22N2O3S. The van der Waals surface area contributed by atoms with E-state index in [-0.39, 0.29) is 0 Å². The van der Waals surface area contributed by atoms with Gasteiger partial charge in [0.1, 0.15) is 18.5 Å². The van der Waals surface area contributed by atoms with E-state index in [2.05, 4.69) is 15.3 Å². The molecule has 5 nitrogen and oxygen atoms in total. The summed E-state index contributed by atoms with van der Waals surface area (Å²) in [5.41, 5.74) is 2.07. The Bertz CT molecular complexity index is 609. The number of β-amino-alcohol motifs (C(OH)–C–C–N with tert-alkyl or cyclic N) is 1. The predicted molar refractivity (Wildman–Crippen MR) is 91.0 cm³/mol. The van der Waals surface area contributed by atoms with Crippen molar-refractivity contribution in [2.75, 3.05) is 39.5 Å². The molecule has 1 aromatic carbocycles. The van der Waals surface area contributed by atoms with Gasteiger partial charge in [0.25, 0.3) is 0 Å². The summed E-state index contributed by atoms with van der Waals surface area (Å²) in [6, 6.07) is 7.84. The van der Waals surface area contributed by atoms with Gasteiger partial charge in [-0.05, 0) is 31.2 Å². The monoisotopic (exact) mass is 334 g/mol. The second-order valence-corrected chi connectivity index (χ2v) is 6.72. The fourth-order valence-electron chi connectivity index (χ4n) is 2.54.